The molecular formula is C38H52O5. The number of benzene rings is 2. The summed E-state index contributed by atoms with van der Waals surface area (Å²) in [7, 11) is 0. The molecule has 0 N–H and O–H groups in total. The highest BCUT2D eigenvalue weighted by Gasteiger charge is 2.70. The Labute approximate surface area is 258 Å². The van der Waals surface area contributed by atoms with Crippen molar-refractivity contribution >= 4 is 22.9 Å². The van der Waals surface area contributed by atoms with Crippen LogP contribution >= 0.6 is 0 Å². The topological polar surface area (TPSA) is 65.7 Å². The molecule has 0 fully saturated rings. The molecule has 1 aliphatic rings. The second kappa shape index (κ2) is 15.6. The molecule has 4 rings (SSSR count). The van der Waals surface area contributed by atoms with Crippen LogP contribution in [0.4, 0.5) is 0 Å². The first kappa shape index (κ1) is 32.8. The molecular weight excluding hydrogens is 536 g/mol. The Hall–Kier alpha value is -3.08. The van der Waals surface area contributed by atoms with Gasteiger partial charge in [-0.3, -0.25) is 9.59 Å². The summed E-state index contributed by atoms with van der Waals surface area (Å²) >= 11 is 0. The van der Waals surface area contributed by atoms with E-state index in [9.17, 15) is 9.59 Å². The van der Waals surface area contributed by atoms with Gasteiger partial charge in [-0.1, -0.05) is 126 Å². The van der Waals surface area contributed by atoms with Crippen molar-refractivity contribution < 1.29 is 23.5 Å². The van der Waals surface area contributed by atoms with Crippen LogP contribution in [0.15, 0.2) is 52.9 Å². The van der Waals surface area contributed by atoms with Crippen LogP contribution in [0.2, 0.25) is 0 Å². The van der Waals surface area contributed by atoms with E-state index in [0.717, 1.165) is 46.9 Å². The average Bonchev–Trinajstić information content (AvgIpc) is 3.51. The third-order valence-electron chi connectivity index (χ3n) is 9.42. The number of aryl methyl sites for hydroxylation is 1. The van der Waals surface area contributed by atoms with E-state index < -0.39 is 22.8 Å². The fourth-order valence-electron chi connectivity index (χ4n) is 7.37. The standard InChI is InChI=1S/C38H52O5/c1-5-8-9-10-11-12-13-14-15-16-17-21-26-37(30-22-19-18-20-23-30)34-31-27-29(4)24-25-32(31)43-33(34)28-38(37,35(39)41-6-2)36(40)42-7-3/h18-20,22-25,27H,5-17,21,26,28H2,1-4H3. The minimum Gasteiger partial charge on any atom is -0.465 e. The fraction of sp³-hybridized carbons (Fsp3) is 0.579. The second-order valence-electron chi connectivity index (χ2n) is 12.3. The van der Waals surface area contributed by atoms with Crippen LogP contribution in [0, 0.1) is 12.3 Å². The number of esters is 2. The highest BCUT2D eigenvalue weighted by atomic mass is 16.6. The highest BCUT2D eigenvalue weighted by Crippen LogP contribution is 2.62. The minimum atomic E-state index is -1.57. The molecule has 43 heavy (non-hydrogen) atoms. The molecule has 0 bridgehead atoms. The van der Waals surface area contributed by atoms with E-state index in [2.05, 4.69) is 32.0 Å². The van der Waals surface area contributed by atoms with Crippen molar-refractivity contribution in [2.75, 3.05) is 13.2 Å². The SMILES string of the molecule is CCCCCCCCCCCCCCC1(c2ccccc2)c2c(oc3ccc(C)cc23)CC1(C(=O)OCC)C(=O)OCC. The van der Waals surface area contributed by atoms with Crippen LogP contribution in [0.25, 0.3) is 11.0 Å². The van der Waals surface area contributed by atoms with E-state index >= 15 is 0 Å². The summed E-state index contributed by atoms with van der Waals surface area (Å²) in [5, 5.41) is 0.966. The van der Waals surface area contributed by atoms with Crippen LogP contribution in [0.1, 0.15) is 127 Å². The summed E-state index contributed by atoms with van der Waals surface area (Å²) in [5.74, 6) is -0.364. The zero-order valence-electron chi connectivity index (χ0n) is 27.0. The zero-order chi connectivity index (χ0) is 30.7. The van der Waals surface area contributed by atoms with Crippen molar-refractivity contribution in [1.29, 1.82) is 0 Å². The summed E-state index contributed by atoms with van der Waals surface area (Å²) in [6.07, 6.45) is 15.7. The number of fused-ring (bicyclic) bond motifs is 3. The van der Waals surface area contributed by atoms with Crippen molar-refractivity contribution in [2.24, 2.45) is 5.41 Å². The maximum atomic E-state index is 14.2. The second-order valence-corrected chi connectivity index (χ2v) is 12.3. The Kier molecular flexibility index (Phi) is 11.9. The van der Waals surface area contributed by atoms with Crippen LogP contribution in [0.5, 0.6) is 0 Å². The Morgan fingerprint density at radius 3 is 1.86 bits per heavy atom. The van der Waals surface area contributed by atoms with Gasteiger partial charge < -0.3 is 13.9 Å². The maximum absolute atomic E-state index is 14.2. The molecule has 3 aromatic rings. The number of furan rings is 1. The Balaban J connectivity index is 1.66. The minimum absolute atomic E-state index is 0.126. The van der Waals surface area contributed by atoms with Gasteiger partial charge in [-0.2, -0.15) is 0 Å². The number of hydrogen-bond donors (Lipinski definition) is 0. The van der Waals surface area contributed by atoms with Gasteiger partial charge in [-0.25, -0.2) is 0 Å². The number of carbonyl (C=O) groups excluding carboxylic acids is 2. The first-order valence-electron chi connectivity index (χ1n) is 16.9. The fourth-order valence-corrected chi connectivity index (χ4v) is 7.37. The van der Waals surface area contributed by atoms with E-state index in [4.69, 9.17) is 13.9 Å². The van der Waals surface area contributed by atoms with Crippen molar-refractivity contribution in [3.05, 3.63) is 71.0 Å². The van der Waals surface area contributed by atoms with Gasteiger partial charge in [0.15, 0.2) is 5.41 Å². The largest absolute Gasteiger partial charge is 0.465 e. The first-order chi connectivity index (χ1) is 21.0. The first-order valence-corrected chi connectivity index (χ1v) is 16.9. The highest BCUT2D eigenvalue weighted by molar-refractivity contribution is 6.06. The molecule has 1 heterocycles. The lowest BCUT2D eigenvalue weighted by atomic mass is 9.57. The third-order valence-corrected chi connectivity index (χ3v) is 9.42. The number of rotatable bonds is 18. The van der Waals surface area contributed by atoms with Crippen LogP contribution < -0.4 is 0 Å². The zero-order valence-corrected chi connectivity index (χ0v) is 27.0. The quantitative estimate of drug-likeness (QED) is 0.0840. The molecule has 234 valence electrons. The molecule has 0 aliphatic heterocycles. The monoisotopic (exact) mass is 588 g/mol. The molecule has 1 atom stereocenters. The van der Waals surface area contributed by atoms with Crippen LogP contribution in [0.3, 0.4) is 0 Å². The van der Waals surface area contributed by atoms with E-state index in [0.29, 0.717) is 12.2 Å². The average molecular weight is 589 g/mol. The normalized spacial score (nSPS) is 17.2. The Morgan fingerprint density at radius 2 is 1.30 bits per heavy atom. The predicted molar refractivity (Wildman–Crippen MR) is 173 cm³/mol. The molecule has 1 unspecified atom stereocenters. The lowest BCUT2D eigenvalue weighted by Crippen LogP contribution is -2.56. The molecule has 0 amide bonds. The van der Waals surface area contributed by atoms with Gasteiger partial charge in [0.05, 0.1) is 18.6 Å². The van der Waals surface area contributed by atoms with Crippen molar-refractivity contribution in [3.8, 4) is 0 Å². The van der Waals surface area contributed by atoms with Gasteiger partial charge in [0, 0.05) is 17.4 Å². The van der Waals surface area contributed by atoms with Gasteiger partial charge in [-0.15, -0.1) is 0 Å². The Bertz CT molecular complexity index is 1300. The summed E-state index contributed by atoms with van der Waals surface area (Å²) < 4.78 is 17.9. The smallest absolute Gasteiger partial charge is 0.325 e. The Morgan fingerprint density at radius 1 is 0.744 bits per heavy atom. The van der Waals surface area contributed by atoms with Crippen LogP contribution in [-0.4, -0.2) is 25.2 Å². The summed E-state index contributed by atoms with van der Waals surface area (Å²) in [6.45, 7) is 8.27. The lowest BCUT2D eigenvalue weighted by Gasteiger charge is -2.43. The summed E-state index contributed by atoms with van der Waals surface area (Å²) in [6, 6.07) is 16.2. The molecule has 1 aromatic heterocycles. The van der Waals surface area contributed by atoms with Gasteiger partial charge in [-0.05, 0) is 44.9 Å². The van der Waals surface area contributed by atoms with E-state index in [1.54, 1.807) is 13.8 Å². The van der Waals surface area contributed by atoms with Crippen molar-refractivity contribution in [1.82, 2.24) is 0 Å². The summed E-state index contributed by atoms with van der Waals surface area (Å²) in [5.41, 5.74) is 1.23. The molecule has 0 spiro atoms. The molecule has 0 saturated carbocycles. The predicted octanol–water partition coefficient (Wildman–Crippen LogP) is 9.79. The molecule has 5 nitrogen and oxygen atoms in total. The number of hydrogen-bond acceptors (Lipinski definition) is 5. The molecule has 5 heteroatoms. The van der Waals surface area contributed by atoms with E-state index in [-0.39, 0.29) is 19.6 Å². The van der Waals surface area contributed by atoms with Crippen molar-refractivity contribution in [3.63, 3.8) is 0 Å². The number of unbranched alkanes of at least 4 members (excludes halogenated alkanes) is 11. The maximum Gasteiger partial charge on any atom is 0.325 e. The van der Waals surface area contributed by atoms with E-state index in [1.807, 2.05) is 30.3 Å². The van der Waals surface area contributed by atoms with E-state index in [1.165, 1.54) is 57.8 Å². The molecule has 0 saturated heterocycles. The van der Waals surface area contributed by atoms with Gasteiger partial charge >= 0.3 is 11.9 Å². The van der Waals surface area contributed by atoms with Gasteiger partial charge in [0.25, 0.3) is 0 Å². The van der Waals surface area contributed by atoms with Gasteiger partial charge in [0.2, 0.25) is 0 Å². The van der Waals surface area contributed by atoms with Crippen molar-refractivity contribution in [2.45, 2.75) is 123 Å². The summed E-state index contributed by atoms with van der Waals surface area (Å²) in [4.78, 5) is 28.4. The van der Waals surface area contributed by atoms with Gasteiger partial charge in [0.1, 0.15) is 11.3 Å². The number of carbonyl (C=O) groups is 2. The molecule has 2 aromatic carbocycles. The third kappa shape index (κ3) is 6.71. The number of ether oxygens (including phenoxy) is 2. The molecule has 0 radical (unpaired) electrons. The molecule has 1 aliphatic carbocycles. The van der Waals surface area contributed by atoms with Crippen LogP contribution in [-0.2, 0) is 30.9 Å². The lowest BCUT2D eigenvalue weighted by molar-refractivity contribution is -0.176.